The van der Waals surface area contributed by atoms with Crippen LogP contribution in [0.15, 0.2) is 60.8 Å². The van der Waals surface area contributed by atoms with Crippen molar-refractivity contribution < 1.29 is 0 Å². The van der Waals surface area contributed by atoms with Crippen molar-refractivity contribution in [2.75, 3.05) is 0 Å². The minimum absolute atomic E-state index is 0.169. The molecule has 0 aliphatic carbocycles. The van der Waals surface area contributed by atoms with Crippen LogP contribution in [0.4, 0.5) is 0 Å². The topological polar surface area (TPSA) is 12.9 Å². The first-order valence-electron chi connectivity index (χ1n) is 9.40. The molecule has 2 heterocycles. The van der Waals surface area contributed by atoms with Gasteiger partial charge in [0.25, 0.3) is 0 Å². The quantitative estimate of drug-likeness (QED) is 0.354. The monoisotopic (exact) mass is 371 g/mol. The normalized spacial score (nSPS) is 11.9. The zero-order valence-corrected chi connectivity index (χ0v) is 17.4. The predicted molar refractivity (Wildman–Crippen MR) is 119 cm³/mol. The van der Waals surface area contributed by atoms with E-state index in [1.807, 2.05) is 23.6 Å². The molecule has 0 aliphatic rings. The molecule has 0 unspecified atom stereocenters. The van der Waals surface area contributed by atoms with Crippen molar-refractivity contribution in [1.29, 1.82) is 0 Å². The Morgan fingerprint density at radius 2 is 1.52 bits per heavy atom. The van der Waals surface area contributed by atoms with Crippen LogP contribution in [0.25, 0.3) is 31.8 Å². The summed E-state index contributed by atoms with van der Waals surface area (Å²) in [6.45, 7) is 11.3. The van der Waals surface area contributed by atoms with Gasteiger partial charge in [-0.1, -0.05) is 63.2 Å². The van der Waals surface area contributed by atoms with Gasteiger partial charge in [-0.3, -0.25) is 4.98 Å². The van der Waals surface area contributed by atoms with E-state index in [1.165, 1.54) is 37.2 Å². The van der Waals surface area contributed by atoms with E-state index in [1.54, 1.807) is 0 Å². The number of hydrogen-bond donors (Lipinski definition) is 0. The fourth-order valence-corrected chi connectivity index (χ4v) is 4.81. The van der Waals surface area contributed by atoms with Gasteiger partial charge in [-0.25, -0.2) is 0 Å². The molecule has 2 heteroatoms. The van der Waals surface area contributed by atoms with Crippen LogP contribution in [0.5, 0.6) is 0 Å². The van der Waals surface area contributed by atoms with E-state index in [9.17, 15) is 0 Å². The van der Waals surface area contributed by atoms with Gasteiger partial charge in [0.1, 0.15) is 0 Å². The van der Waals surface area contributed by atoms with Crippen LogP contribution in [-0.4, -0.2) is 4.98 Å². The zero-order chi connectivity index (χ0) is 19.2. The first kappa shape index (κ1) is 17.9. The van der Waals surface area contributed by atoms with Gasteiger partial charge >= 0.3 is 0 Å². The standard InChI is InChI=1S/C25H25NS/c1-16-11-20(25(3,4)5)12-17(2)24(16)22-14-19-13-21(26-15-23(19)27-22)18-9-7-6-8-10-18/h6-15H,1-5H3. The first-order chi connectivity index (χ1) is 12.8. The van der Waals surface area contributed by atoms with E-state index in [-0.39, 0.29) is 5.41 Å². The fourth-order valence-electron chi connectivity index (χ4n) is 3.62. The fraction of sp³-hybridized carbons (Fsp3) is 0.240. The molecule has 2 aromatic heterocycles. The van der Waals surface area contributed by atoms with Crippen molar-refractivity contribution in [3.8, 4) is 21.7 Å². The molecule has 0 bridgehead atoms. The molecule has 4 aromatic rings. The summed E-state index contributed by atoms with van der Waals surface area (Å²) in [5, 5.41) is 1.27. The number of thiophene rings is 1. The van der Waals surface area contributed by atoms with Crippen molar-refractivity contribution in [2.24, 2.45) is 0 Å². The largest absolute Gasteiger partial charge is 0.255 e. The van der Waals surface area contributed by atoms with Crippen LogP contribution in [0, 0.1) is 13.8 Å². The average Bonchev–Trinajstić information content (AvgIpc) is 3.03. The SMILES string of the molecule is Cc1cc(C(C)(C)C)cc(C)c1-c1cc2cc(-c3ccccc3)ncc2s1. The molecule has 0 amide bonds. The van der Waals surface area contributed by atoms with Crippen molar-refractivity contribution in [3.05, 3.63) is 77.5 Å². The Balaban J connectivity index is 1.81. The molecule has 4 rings (SSSR count). The van der Waals surface area contributed by atoms with Crippen LogP contribution in [-0.2, 0) is 5.41 Å². The first-order valence-corrected chi connectivity index (χ1v) is 10.2. The molecule has 136 valence electrons. The second-order valence-corrected chi connectivity index (χ2v) is 9.40. The second-order valence-electron chi connectivity index (χ2n) is 8.32. The Morgan fingerprint density at radius 1 is 0.852 bits per heavy atom. The van der Waals surface area contributed by atoms with Crippen molar-refractivity contribution in [3.63, 3.8) is 0 Å². The number of rotatable bonds is 2. The molecule has 0 N–H and O–H groups in total. The van der Waals surface area contributed by atoms with E-state index in [0.29, 0.717) is 0 Å². The van der Waals surface area contributed by atoms with Gasteiger partial charge in [-0.05, 0) is 59.0 Å². The number of aromatic nitrogens is 1. The molecule has 0 radical (unpaired) electrons. The highest BCUT2D eigenvalue weighted by Crippen LogP contribution is 2.39. The molecule has 0 atom stereocenters. The van der Waals surface area contributed by atoms with E-state index < -0.39 is 0 Å². The van der Waals surface area contributed by atoms with Crippen molar-refractivity contribution in [1.82, 2.24) is 4.98 Å². The summed E-state index contributed by atoms with van der Waals surface area (Å²) >= 11 is 1.83. The van der Waals surface area contributed by atoms with Crippen molar-refractivity contribution >= 4 is 21.4 Å². The summed E-state index contributed by atoms with van der Waals surface area (Å²) in [7, 11) is 0. The molecule has 0 aliphatic heterocycles. The summed E-state index contributed by atoms with van der Waals surface area (Å²) in [4.78, 5) is 6.01. The molecule has 1 nitrogen and oxygen atoms in total. The lowest BCUT2D eigenvalue weighted by Crippen LogP contribution is -2.11. The lowest BCUT2D eigenvalue weighted by molar-refractivity contribution is 0.589. The number of fused-ring (bicyclic) bond motifs is 1. The van der Waals surface area contributed by atoms with E-state index in [2.05, 4.69) is 88.1 Å². The van der Waals surface area contributed by atoms with Gasteiger partial charge in [0, 0.05) is 16.6 Å². The van der Waals surface area contributed by atoms with E-state index in [4.69, 9.17) is 0 Å². The van der Waals surface area contributed by atoms with Crippen LogP contribution in [0.3, 0.4) is 0 Å². The third kappa shape index (κ3) is 3.42. The third-order valence-electron chi connectivity index (χ3n) is 5.12. The lowest BCUT2D eigenvalue weighted by Gasteiger charge is -2.22. The summed E-state index contributed by atoms with van der Waals surface area (Å²) in [5.41, 5.74) is 7.83. The van der Waals surface area contributed by atoms with Gasteiger partial charge in [0.15, 0.2) is 0 Å². The Morgan fingerprint density at radius 3 is 2.15 bits per heavy atom. The molecule has 2 aromatic carbocycles. The molecule has 0 saturated heterocycles. The Hall–Kier alpha value is -2.45. The Kier molecular flexibility index (Phi) is 4.39. The maximum atomic E-state index is 4.69. The van der Waals surface area contributed by atoms with Crippen LogP contribution < -0.4 is 0 Å². The molecule has 0 spiro atoms. The highest BCUT2D eigenvalue weighted by atomic mass is 32.1. The summed E-state index contributed by atoms with van der Waals surface area (Å²) in [6, 6.07) is 19.6. The van der Waals surface area contributed by atoms with Gasteiger partial charge < -0.3 is 0 Å². The molecule has 0 fully saturated rings. The number of hydrogen-bond acceptors (Lipinski definition) is 2. The molecular weight excluding hydrogens is 346 g/mol. The number of pyridine rings is 1. The number of benzene rings is 2. The number of nitrogens with zero attached hydrogens (tertiary/aromatic N) is 1. The highest BCUT2D eigenvalue weighted by molar-refractivity contribution is 7.22. The van der Waals surface area contributed by atoms with Crippen LogP contribution >= 0.6 is 11.3 Å². The summed E-state index contributed by atoms with van der Waals surface area (Å²) in [5.74, 6) is 0. The lowest BCUT2D eigenvalue weighted by atomic mass is 9.83. The Labute approximate surface area is 165 Å². The summed E-state index contributed by atoms with van der Waals surface area (Å²) in [6.07, 6.45) is 2.01. The van der Waals surface area contributed by atoms with Gasteiger partial charge in [-0.2, -0.15) is 0 Å². The van der Waals surface area contributed by atoms with Crippen LogP contribution in [0.1, 0.15) is 37.5 Å². The highest BCUT2D eigenvalue weighted by Gasteiger charge is 2.18. The van der Waals surface area contributed by atoms with Gasteiger partial charge in [-0.15, -0.1) is 11.3 Å². The minimum atomic E-state index is 0.169. The predicted octanol–water partition coefficient (Wildman–Crippen LogP) is 7.54. The smallest absolute Gasteiger partial charge is 0.0709 e. The van der Waals surface area contributed by atoms with E-state index in [0.717, 1.165) is 11.3 Å². The van der Waals surface area contributed by atoms with Crippen molar-refractivity contribution in [2.45, 2.75) is 40.0 Å². The van der Waals surface area contributed by atoms with Crippen LogP contribution in [0.2, 0.25) is 0 Å². The number of aryl methyl sites for hydroxylation is 2. The average molecular weight is 372 g/mol. The maximum absolute atomic E-state index is 4.69. The molecule has 0 saturated carbocycles. The van der Waals surface area contributed by atoms with Gasteiger partial charge in [0.05, 0.1) is 10.4 Å². The Bertz CT molecular complexity index is 1090. The van der Waals surface area contributed by atoms with Gasteiger partial charge in [0.2, 0.25) is 0 Å². The van der Waals surface area contributed by atoms with E-state index >= 15 is 0 Å². The summed E-state index contributed by atoms with van der Waals surface area (Å²) < 4.78 is 1.24. The second kappa shape index (κ2) is 6.61. The third-order valence-corrected chi connectivity index (χ3v) is 6.22. The molecular formula is C25H25NS. The minimum Gasteiger partial charge on any atom is -0.255 e. The zero-order valence-electron chi connectivity index (χ0n) is 16.6. The maximum Gasteiger partial charge on any atom is 0.0709 e. The molecule has 27 heavy (non-hydrogen) atoms.